The van der Waals surface area contributed by atoms with Crippen LogP contribution in [0.3, 0.4) is 0 Å². The quantitative estimate of drug-likeness (QED) is 0.687. The lowest BCUT2D eigenvalue weighted by molar-refractivity contribution is 0.107. The van der Waals surface area contributed by atoms with Crippen LogP contribution in [0.5, 0.6) is 0 Å². The van der Waals surface area contributed by atoms with Gasteiger partial charge in [0.05, 0.1) is 6.10 Å². The highest BCUT2D eigenvalue weighted by molar-refractivity contribution is 6.43. The predicted octanol–water partition coefficient (Wildman–Crippen LogP) is 0.991. The Kier molecular flexibility index (Phi) is 2.86. The second-order valence-electron chi connectivity index (χ2n) is 3.57. The van der Waals surface area contributed by atoms with Crippen molar-refractivity contribution < 1.29 is 14.8 Å². The van der Waals surface area contributed by atoms with Crippen LogP contribution in [0, 0.1) is 0 Å². The van der Waals surface area contributed by atoms with Gasteiger partial charge in [-0.3, -0.25) is 0 Å². The lowest BCUT2D eigenvalue weighted by atomic mass is 9.67. The molecule has 2 rings (SSSR count). The molecule has 14 heavy (non-hydrogen) atoms. The van der Waals surface area contributed by atoms with Crippen LogP contribution in [0.1, 0.15) is 18.1 Å². The van der Waals surface area contributed by atoms with Crippen LogP contribution in [-0.2, 0) is 4.74 Å². The predicted molar refractivity (Wildman–Crippen MR) is 53.7 cm³/mol. The fourth-order valence-corrected chi connectivity index (χ4v) is 1.90. The van der Waals surface area contributed by atoms with E-state index in [1.54, 1.807) is 0 Å². The molecule has 1 aliphatic rings. The molecule has 2 atom stereocenters. The van der Waals surface area contributed by atoms with Crippen molar-refractivity contribution in [1.82, 2.24) is 0 Å². The van der Waals surface area contributed by atoms with Crippen molar-refractivity contribution in [2.75, 3.05) is 6.61 Å². The standard InChI is InChI=1S/C10H13BO3/c12-11(13)9-6-7-14-10(9)8-4-2-1-3-5-8/h1-5,9-10,12-13H,6-7H2. The third-order valence-electron chi connectivity index (χ3n) is 2.65. The van der Waals surface area contributed by atoms with Crippen LogP contribution >= 0.6 is 0 Å². The Morgan fingerprint density at radius 2 is 1.93 bits per heavy atom. The Bertz CT molecular complexity index is 289. The van der Waals surface area contributed by atoms with Crippen molar-refractivity contribution in [3.63, 3.8) is 0 Å². The SMILES string of the molecule is OB(O)C1CCOC1c1ccccc1. The Labute approximate surface area is 83.5 Å². The minimum absolute atomic E-state index is 0.170. The van der Waals surface area contributed by atoms with Gasteiger partial charge in [-0.25, -0.2) is 0 Å². The van der Waals surface area contributed by atoms with Crippen molar-refractivity contribution >= 4 is 7.12 Å². The molecule has 1 aromatic rings. The topological polar surface area (TPSA) is 49.7 Å². The summed E-state index contributed by atoms with van der Waals surface area (Å²) in [5.74, 6) is -0.197. The molecule has 0 radical (unpaired) electrons. The number of rotatable bonds is 2. The molecule has 2 unspecified atom stereocenters. The second kappa shape index (κ2) is 4.13. The van der Waals surface area contributed by atoms with E-state index in [0.717, 1.165) is 5.56 Å². The molecule has 0 aromatic heterocycles. The van der Waals surface area contributed by atoms with Crippen LogP contribution < -0.4 is 0 Å². The maximum Gasteiger partial charge on any atom is 0.457 e. The van der Waals surface area contributed by atoms with Crippen LogP contribution in [0.15, 0.2) is 30.3 Å². The normalized spacial score (nSPS) is 26.4. The minimum Gasteiger partial charge on any atom is -0.427 e. The molecule has 2 N–H and O–H groups in total. The Morgan fingerprint density at radius 1 is 1.21 bits per heavy atom. The highest BCUT2D eigenvalue weighted by Crippen LogP contribution is 2.39. The van der Waals surface area contributed by atoms with E-state index in [0.29, 0.717) is 13.0 Å². The van der Waals surface area contributed by atoms with Gasteiger partial charge in [-0.05, 0) is 12.0 Å². The molecule has 1 saturated heterocycles. The molecule has 0 saturated carbocycles. The summed E-state index contributed by atoms with van der Waals surface area (Å²) in [5.41, 5.74) is 1.02. The number of hydrogen-bond acceptors (Lipinski definition) is 3. The molecule has 1 heterocycles. The van der Waals surface area contributed by atoms with Gasteiger partial charge in [-0.15, -0.1) is 0 Å². The van der Waals surface area contributed by atoms with Crippen LogP contribution in [0.25, 0.3) is 0 Å². The third kappa shape index (κ3) is 1.82. The summed E-state index contributed by atoms with van der Waals surface area (Å²) < 4.78 is 5.49. The van der Waals surface area contributed by atoms with Crippen molar-refractivity contribution in [3.8, 4) is 0 Å². The van der Waals surface area contributed by atoms with E-state index in [9.17, 15) is 0 Å². The molecule has 74 valence electrons. The lowest BCUT2D eigenvalue weighted by Gasteiger charge is -2.17. The zero-order valence-corrected chi connectivity index (χ0v) is 7.84. The Balaban J connectivity index is 2.18. The molecular weight excluding hydrogens is 179 g/mol. The van der Waals surface area contributed by atoms with Gasteiger partial charge >= 0.3 is 7.12 Å². The van der Waals surface area contributed by atoms with Gasteiger partial charge in [0.15, 0.2) is 0 Å². The van der Waals surface area contributed by atoms with Gasteiger partial charge in [0, 0.05) is 12.4 Å². The summed E-state index contributed by atoms with van der Waals surface area (Å²) in [6.45, 7) is 0.599. The first-order valence-electron chi connectivity index (χ1n) is 4.82. The van der Waals surface area contributed by atoms with Crippen molar-refractivity contribution in [2.45, 2.75) is 18.3 Å². The van der Waals surface area contributed by atoms with Gasteiger partial charge in [0.2, 0.25) is 0 Å². The average Bonchev–Trinajstić information content (AvgIpc) is 2.67. The van der Waals surface area contributed by atoms with Crippen LogP contribution in [-0.4, -0.2) is 23.8 Å². The van der Waals surface area contributed by atoms with Crippen molar-refractivity contribution in [3.05, 3.63) is 35.9 Å². The Morgan fingerprint density at radius 3 is 2.57 bits per heavy atom. The van der Waals surface area contributed by atoms with E-state index >= 15 is 0 Å². The largest absolute Gasteiger partial charge is 0.457 e. The minimum atomic E-state index is -1.29. The van der Waals surface area contributed by atoms with E-state index in [4.69, 9.17) is 14.8 Å². The van der Waals surface area contributed by atoms with Gasteiger partial charge in [0.25, 0.3) is 0 Å². The first-order valence-corrected chi connectivity index (χ1v) is 4.82. The average molecular weight is 192 g/mol. The van der Waals surface area contributed by atoms with Crippen molar-refractivity contribution in [2.24, 2.45) is 0 Å². The number of benzene rings is 1. The maximum absolute atomic E-state index is 9.16. The zero-order valence-electron chi connectivity index (χ0n) is 7.84. The first kappa shape index (κ1) is 9.71. The number of hydrogen-bond donors (Lipinski definition) is 2. The maximum atomic E-state index is 9.16. The van der Waals surface area contributed by atoms with Gasteiger partial charge in [0.1, 0.15) is 0 Å². The summed E-state index contributed by atoms with van der Waals surface area (Å²) in [7, 11) is -1.29. The van der Waals surface area contributed by atoms with E-state index in [2.05, 4.69) is 0 Å². The molecule has 0 bridgehead atoms. The highest BCUT2D eigenvalue weighted by Gasteiger charge is 2.37. The third-order valence-corrected chi connectivity index (χ3v) is 2.65. The summed E-state index contributed by atoms with van der Waals surface area (Å²) >= 11 is 0. The summed E-state index contributed by atoms with van der Waals surface area (Å²) in [6.07, 6.45) is 0.535. The summed E-state index contributed by atoms with van der Waals surface area (Å²) in [5, 5.41) is 18.3. The fraction of sp³-hybridized carbons (Fsp3) is 0.400. The molecule has 0 aliphatic carbocycles. The second-order valence-corrected chi connectivity index (χ2v) is 3.57. The summed E-state index contributed by atoms with van der Waals surface area (Å²) in [6, 6.07) is 9.69. The molecule has 1 fully saturated rings. The van der Waals surface area contributed by atoms with Crippen molar-refractivity contribution in [1.29, 1.82) is 0 Å². The molecule has 1 aliphatic heterocycles. The molecule has 1 aromatic carbocycles. The van der Waals surface area contributed by atoms with Gasteiger partial charge < -0.3 is 14.8 Å². The summed E-state index contributed by atoms with van der Waals surface area (Å²) in [4.78, 5) is 0. The van der Waals surface area contributed by atoms with Gasteiger partial charge in [-0.1, -0.05) is 30.3 Å². The Hall–Kier alpha value is -0.835. The van der Waals surface area contributed by atoms with E-state index < -0.39 is 7.12 Å². The van der Waals surface area contributed by atoms with E-state index in [1.807, 2.05) is 30.3 Å². The van der Waals surface area contributed by atoms with E-state index in [-0.39, 0.29) is 11.9 Å². The smallest absolute Gasteiger partial charge is 0.427 e. The molecule has 4 heteroatoms. The first-order chi connectivity index (χ1) is 6.79. The fourth-order valence-electron chi connectivity index (χ4n) is 1.90. The van der Waals surface area contributed by atoms with Crippen LogP contribution in [0.2, 0.25) is 5.82 Å². The van der Waals surface area contributed by atoms with E-state index in [1.165, 1.54) is 0 Å². The van der Waals surface area contributed by atoms with Gasteiger partial charge in [-0.2, -0.15) is 0 Å². The molecule has 0 amide bonds. The lowest BCUT2D eigenvalue weighted by Crippen LogP contribution is -2.22. The monoisotopic (exact) mass is 192 g/mol. The highest BCUT2D eigenvalue weighted by atomic mass is 16.5. The number of ether oxygens (including phenoxy) is 1. The molecule has 0 spiro atoms. The van der Waals surface area contributed by atoms with Crippen LogP contribution in [0.4, 0.5) is 0 Å². The molecular formula is C10H13BO3. The molecule has 3 nitrogen and oxygen atoms in total. The zero-order chi connectivity index (χ0) is 9.97.